The number of alkyl halides is 1. The van der Waals surface area contributed by atoms with Gasteiger partial charge in [0.15, 0.2) is 5.76 Å². The molecule has 0 fully saturated rings. The highest BCUT2D eigenvalue weighted by atomic mass is 35.5. The minimum Gasteiger partial charge on any atom is -0.478 e. The van der Waals surface area contributed by atoms with Crippen molar-refractivity contribution in [3.63, 3.8) is 0 Å². The van der Waals surface area contributed by atoms with E-state index in [1.54, 1.807) is 0 Å². The molecule has 64 valence electrons. The lowest BCUT2D eigenvalue weighted by Crippen LogP contribution is -1.98. The Bertz CT molecular complexity index is 315. The Balaban J connectivity index is 2.91. The summed E-state index contributed by atoms with van der Waals surface area (Å²) in [6, 6.07) is 1.15. The Hall–Kier alpha value is -1.29. The van der Waals surface area contributed by atoms with Crippen molar-refractivity contribution < 1.29 is 19.1 Å². The van der Waals surface area contributed by atoms with Crippen LogP contribution in [0.5, 0.6) is 0 Å². The van der Waals surface area contributed by atoms with Crippen molar-refractivity contribution in [3.8, 4) is 0 Å². The summed E-state index contributed by atoms with van der Waals surface area (Å²) in [5.74, 6) is -1.80. The number of carboxylic acids is 1. The molecule has 0 radical (unpaired) electrons. The van der Waals surface area contributed by atoms with Crippen molar-refractivity contribution in [2.45, 2.75) is 0 Å². The number of hydrogen-bond acceptors (Lipinski definition) is 3. The molecule has 0 aliphatic rings. The third-order valence-corrected chi connectivity index (χ3v) is 1.49. The second-order valence-electron chi connectivity index (χ2n) is 2.06. The Morgan fingerprint density at radius 2 is 2.25 bits per heavy atom. The van der Waals surface area contributed by atoms with Gasteiger partial charge < -0.3 is 9.52 Å². The summed E-state index contributed by atoms with van der Waals surface area (Å²) in [4.78, 5) is 21.2. The molecule has 1 aromatic rings. The van der Waals surface area contributed by atoms with Gasteiger partial charge in [0.2, 0.25) is 5.78 Å². The number of carbonyl (C=O) groups is 2. The van der Waals surface area contributed by atoms with Gasteiger partial charge in [-0.1, -0.05) is 0 Å². The third kappa shape index (κ3) is 1.65. The quantitative estimate of drug-likeness (QED) is 0.575. The maximum Gasteiger partial charge on any atom is 0.338 e. The van der Waals surface area contributed by atoms with E-state index in [-0.39, 0.29) is 17.2 Å². The summed E-state index contributed by atoms with van der Waals surface area (Å²) in [6.45, 7) is 0. The van der Waals surface area contributed by atoms with Crippen molar-refractivity contribution in [2.24, 2.45) is 0 Å². The van der Waals surface area contributed by atoms with Gasteiger partial charge in [-0.3, -0.25) is 4.79 Å². The SMILES string of the molecule is O=C(O)c1coc(C(=O)CCl)c1. The van der Waals surface area contributed by atoms with Crippen LogP contribution in [0.15, 0.2) is 16.7 Å². The third-order valence-electron chi connectivity index (χ3n) is 1.24. The molecule has 0 bridgehead atoms. The molecule has 0 spiro atoms. The lowest BCUT2D eigenvalue weighted by Gasteiger charge is -1.85. The molecule has 0 aliphatic carbocycles. The summed E-state index contributed by atoms with van der Waals surface area (Å²) in [7, 11) is 0. The predicted octanol–water partition coefficient (Wildman–Crippen LogP) is 1.40. The molecule has 12 heavy (non-hydrogen) atoms. The number of halogens is 1. The molecule has 0 aliphatic heterocycles. The highest BCUT2D eigenvalue weighted by Crippen LogP contribution is 2.08. The van der Waals surface area contributed by atoms with Crippen LogP contribution in [0, 0.1) is 0 Å². The van der Waals surface area contributed by atoms with E-state index < -0.39 is 11.8 Å². The monoisotopic (exact) mass is 188 g/mol. The van der Waals surface area contributed by atoms with Crippen LogP contribution in [0.1, 0.15) is 20.9 Å². The second kappa shape index (κ2) is 3.40. The summed E-state index contributed by atoms with van der Waals surface area (Å²) in [5.41, 5.74) is -0.0523. The van der Waals surface area contributed by atoms with Crippen LogP contribution in [0.2, 0.25) is 0 Å². The minimum atomic E-state index is -1.13. The van der Waals surface area contributed by atoms with Gasteiger partial charge in [0.25, 0.3) is 0 Å². The van der Waals surface area contributed by atoms with Crippen LogP contribution < -0.4 is 0 Å². The van der Waals surface area contributed by atoms with E-state index in [1.807, 2.05) is 0 Å². The Morgan fingerprint density at radius 1 is 1.58 bits per heavy atom. The molecule has 4 nitrogen and oxygen atoms in total. The van der Waals surface area contributed by atoms with Crippen molar-refractivity contribution in [1.29, 1.82) is 0 Å². The number of rotatable bonds is 3. The Kier molecular flexibility index (Phi) is 2.50. The van der Waals surface area contributed by atoms with Gasteiger partial charge >= 0.3 is 5.97 Å². The average molecular weight is 189 g/mol. The van der Waals surface area contributed by atoms with Gasteiger partial charge in [-0.15, -0.1) is 11.6 Å². The Labute approximate surface area is 72.7 Å². The van der Waals surface area contributed by atoms with Crippen LogP contribution in [0.4, 0.5) is 0 Å². The zero-order valence-corrected chi connectivity index (χ0v) is 6.67. The molecule has 0 atom stereocenters. The minimum absolute atomic E-state index is 0.0256. The molecular formula is C7H5ClO4. The average Bonchev–Trinajstić information content (AvgIpc) is 2.51. The molecule has 1 rings (SSSR count). The molecule has 5 heteroatoms. The van der Waals surface area contributed by atoms with Crippen molar-refractivity contribution in [1.82, 2.24) is 0 Å². The molecule has 1 N–H and O–H groups in total. The molecule has 0 saturated heterocycles. The number of Topliss-reactive ketones (excluding diaryl/α,β-unsaturated/α-hetero) is 1. The van der Waals surface area contributed by atoms with Gasteiger partial charge in [-0.05, 0) is 0 Å². The van der Waals surface area contributed by atoms with Crippen LogP contribution in [0.25, 0.3) is 0 Å². The Morgan fingerprint density at radius 3 is 2.67 bits per heavy atom. The van der Waals surface area contributed by atoms with Gasteiger partial charge in [0.1, 0.15) is 6.26 Å². The number of hydrogen-bond donors (Lipinski definition) is 1. The zero-order valence-electron chi connectivity index (χ0n) is 5.91. The molecule has 1 heterocycles. The number of carboxylic acid groups (broad SMARTS) is 1. The standard InChI is InChI=1S/C7H5ClO4/c8-2-5(9)6-1-4(3-12-6)7(10)11/h1,3H,2H2,(H,10,11). The first-order chi connectivity index (χ1) is 5.65. The summed E-state index contributed by atoms with van der Waals surface area (Å²) >= 11 is 5.22. The number of ketones is 1. The topological polar surface area (TPSA) is 67.5 Å². The highest BCUT2D eigenvalue weighted by molar-refractivity contribution is 6.30. The molecule has 0 saturated carbocycles. The van der Waals surface area contributed by atoms with Crippen LogP contribution in [-0.4, -0.2) is 22.7 Å². The fourth-order valence-electron chi connectivity index (χ4n) is 0.660. The van der Waals surface area contributed by atoms with Crippen LogP contribution in [0.3, 0.4) is 0 Å². The number of carbonyl (C=O) groups excluding carboxylic acids is 1. The van der Waals surface area contributed by atoms with Crippen molar-refractivity contribution in [3.05, 3.63) is 23.7 Å². The predicted molar refractivity (Wildman–Crippen MR) is 40.7 cm³/mol. The van der Waals surface area contributed by atoms with E-state index in [0.29, 0.717) is 0 Å². The van der Waals surface area contributed by atoms with Crippen molar-refractivity contribution >= 4 is 23.4 Å². The molecule has 0 unspecified atom stereocenters. The largest absolute Gasteiger partial charge is 0.478 e. The summed E-state index contributed by atoms with van der Waals surface area (Å²) < 4.78 is 4.66. The first-order valence-corrected chi connectivity index (χ1v) is 3.59. The van der Waals surface area contributed by atoms with Gasteiger partial charge in [0.05, 0.1) is 11.4 Å². The first-order valence-electron chi connectivity index (χ1n) is 3.06. The van der Waals surface area contributed by atoms with Crippen molar-refractivity contribution in [2.75, 3.05) is 5.88 Å². The molecular weight excluding hydrogens is 184 g/mol. The maximum atomic E-state index is 10.8. The lowest BCUT2D eigenvalue weighted by atomic mass is 10.3. The van der Waals surface area contributed by atoms with E-state index >= 15 is 0 Å². The van der Waals surface area contributed by atoms with E-state index in [0.717, 1.165) is 12.3 Å². The van der Waals surface area contributed by atoms with E-state index in [2.05, 4.69) is 4.42 Å². The first kappa shape index (κ1) is 8.80. The van der Waals surface area contributed by atoms with Gasteiger partial charge in [-0.2, -0.15) is 0 Å². The van der Waals surface area contributed by atoms with Crippen LogP contribution >= 0.6 is 11.6 Å². The molecule has 0 aromatic carbocycles. The number of furan rings is 1. The molecule has 0 amide bonds. The smallest absolute Gasteiger partial charge is 0.338 e. The summed E-state index contributed by atoms with van der Waals surface area (Å²) in [5, 5.41) is 8.45. The zero-order chi connectivity index (χ0) is 9.14. The van der Waals surface area contributed by atoms with Crippen LogP contribution in [-0.2, 0) is 0 Å². The summed E-state index contributed by atoms with van der Waals surface area (Å²) in [6.07, 6.45) is 1.00. The van der Waals surface area contributed by atoms with E-state index in [4.69, 9.17) is 16.7 Å². The number of aromatic carboxylic acids is 1. The van der Waals surface area contributed by atoms with Gasteiger partial charge in [-0.25, -0.2) is 4.79 Å². The fourth-order valence-corrected chi connectivity index (χ4v) is 0.792. The maximum absolute atomic E-state index is 10.8. The lowest BCUT2D eigenvalue weighted by molar-refractivity contribution is 0.0696. The van der Waals surface area contributed by atoms with E-state index in [9.17, 15) is 9.59 Å². The van der Waals surface area contributed by atoms with Gasteiger partial charge in [0, 0.05) is 6.07 Å². The second-order valence-corrected chi connectivity index (χ2v) is 2.33. The van der Waals surface area contributed by atoms with E-state index in [1.165, 1.54) is 0 Å². The normalized spacial score (nSPS) is 9.75. The highest BCUT2D eigenvalue weighted by Gasteiger charge is 2.12. The fraction of sp³-hybridized carbons (Fsp3) is 0.143. The molecule has 1 aromatic heterocycles.